The second-order valence-corrected chi connectivity index (χ2v) is 5.46. The molecule has 0 saturated heterocycles. The average molecular weight is 359 g/mol. The highest BCUT2D eigenvalue weighted by atomic mass is 19.3. The van der Waals surface area contributed by atoms with Gasteiger partial charge in [0, 0.05) is 18.3 Å². The van der Waals surface area contributed by atoms with Crippen LogP contribution in [0.25, 0.3) is 0 Å². The smallest absolute Gasteiger partial charge is 0.427 e. The van der Waals surface area contributed by atoms with Crippen LogP contribution in [0.5, 0.6) is 5.75 Å². The molecular formula is C16H17F4N3O2. The van der Waals surface area contributed by atoms with E-state index >= 15 is 0 Å². The monoisotopic (exact) mass is 359 g/mol. The second kappa shape index (κ2) is 7.12. The predicted molar refractivity (Wildman–Crippen MR) is 81.8 cm³/mol. The van der Waals surface area contributed by atoms with Gasteiger partial charge in [-0.15, -0.1) is 0 Å². The number of hydrogen-bond acceptors (Lipinski definition) is 3. The van der Waals surface area contributed by atoms with E-state index in [2.05, 4.69) is 15.2 Å². The molecule has 1 heterocycles. The summed E-state index contributed by atoms with van der Waals surface area (Å²) in [5, 5.41) is 6.68. The van der Waals surface area contributed by atoms with Crippen LogP contribution in [0.15, 0.2) is 30.5 Å². The molecule has 1 unspecified atom stereocenters. The van der Waals surface area contributed by atoms with Gasteiger partial charge in [-0.25, -0.2) is 0 Å². The van der Waals surface area contributed by atoms with Crippen molar-refractivity contribution in [3.8, 4) is 5.75 Å². The number of benzene rings is 1. The first-order valence-corrected chi connectivity index (χ1v) is 7.37. The predicted octanol–water partition coefficient (Wildman–Crippen LogP) is 3.46. The molecule has 1 atom stereocenters. The maximum atomic E-state index is 13.1. The summed E-state index contributed by atoms with van der Waals surface area (Å²) in [7, 11) is 1.74. The van der Waals surface area contributed by atoms with E-state index in [9.17, 15) is 22.4 Å². The fourth-order valence-electron chi connectivity index (χ4n) is 2.23. The van der Waals surface area contributed by atoms with E-state index in [1.54, 1.807) is 24.9 Å². The number of rotatable bonds is 6. The van der Waals surface area contributed by atoms with Crippen molar-refractivity contribution in [3.05, 3.63) is 47.3 Å². The van der Waals surface area contributed by atoms with Gasteiger partial charge in [0.05, 0.1) is 17.8 Å². The van der Waals surface area contributed by atoms with Crippen molar-refractivity contribution in [2.45, 2.75) is 32.4 Å². The molecule has 0 aliphatic rings. The minimum atomic E-state index is -4.69. The van der Waals surface area contributed by atoms with Crippen LogP contribution in [0.2, 0.25) is 0 Å². The Morgan fingerprint density at radius 2 is 1.96 bits per heavy atom. The van der Waals surface area contributed by atoms with Crippen molar-refractivity contribution in [2.24, 2.45) is 7.05 Å². The molecule has 1 amide bonds. The molecule has 0 saturated carbocycles. The Hall–Kier alpha value is -2.58. The Balaban J connectivity index is 2.21. The number of carbonyl (C=O) groups is 1. The molecule has 25 heavy (non-hydrogen) atoms. The van der Waals surface area contributed by atoms with Crippen molar-refractivity contribution in [3.63, 3.8) is 0 Å². The Morgan fingerprint density at radius 3 is 2.52 bits per heavy atom. The highest BCUT2D eigenvalue weighted by Gasteiger charge is 2.44. The topological polar surface area (TPSA) is 56.1 Å². The zero-order valence-corrected chi connectivity index (χ0v) is 13.8. The zero-order chi connectivity index (χ0) is 18.8. The SMILES string of the molecule is Cc1c(C(C)NC(=O)c2ccccc2OC(F)(F)C(F)F)cnn1C. The lowest BCUT2D eigenvalue weighted by atomic mass is 10.1. The van der Waals surface area contributed by atoms with E-state index in [-0.39, 0.29) is 5.56 Å². The van der Waals surface area contributed by atoms with Crippen LogP contribution < -0.4 is 10.1 Å². The molecule has 0 aliphatic heterocycles. The maximum absolute atomic E-state index is 13.1. The second-order valence-electron chi connectivity index (χ2n) is 5.46. The Morgan fingerprint density at radius 1 is 1.32 bits per heavy atom. The van der Waals surface area contributed by atoms with Crippen molar-refractivity contribution >= 4 is 5.91 Å². The number of aromatic nitrogens is 2. The minimum absolute atomic E-state index is 0.267. The van der Waals surface area contributed by atoms with Gasteiger partial charge in [0.2, 0.25) is 0 Å². The molecule has 2 rings (SSSR count). The summed E-state index contributed by atoms with van der Waals surface area (Å²) in [5.41, 5.74) is 1.30. The van der Waals surface area contributed by atoms with Gasteiger partial charge < -0.3 is 10.1 Å². The average Bonchev–Trinajstić information content (AvgIpc) is 2.87. The molecule has 0 fully saturated rings. The summed E-state index contributed by atoms with van der Waals surface area (Å²) >= 11 is 0. The lowest BCUT2D eigenvalue weighted by molar-refractivity contribution is -0.253. The Labute approximate surface area is 141 Å². The molecule has 1 aromatic heterocycles. The van der Waals surface area contributed by atoms with E-state index in [1.165, 1.54) is 18.2 Å². The van der Waals surface area contributed by atoms with Gasteiger partial charge in [-0.1, -0.05) is 12.1 Å². The number of nitrogens with zero attached hydrogens (tertiary/aromatic N) is 2. The third-order valence-electron chi connectivity index (χ3n) is 3.72. The number of nitrogens with one attached hydrogen (secondary N) is 1. The fourth-order valence-corrected chi connectivity index (χ4v) is 2.23. The molecule has 0 aliphatic carbocycles. The molecule has 136 valence electrons. The first-order chi connectivity index (χ1) is 11.6. The summed E-state index contributed by atoms with van der Waals surface area (Å²) in [4.78, 5) is 12.4. The van der Waals surface area contributed by atoms with Crippen LogP contribution in [0.1, 0.15) is 34.6 Å². The highest BCUT2D eigenvalue weighted by molar-refractivity contribution is 5.97. The number of carbonyl (C=O) groups excluding carboxylic acids is 1. The van der Waals surface area contributed by atoms with Crippen LogP contribution in [-0.4, -0.2) is 28.2 Å². The number of aryl methyl sites for hydroxylation is 1. The van der Waals surface area contributed by atoms with E-state index in [4.69, 9.17) is 0 Å². The summed E-state index contributed by atoms with van der Waals surface area (Å²) in [6.45, 7) is 3.50. The number of amides is 1. The number of halogens is 4. The van der Waals surface area contributed by atoms with E-state index < -0.39 is 30.2 Å². The molecule has 5 nitrogen and oxygen atoms in total. The van der Waals surface area contributed by atoms with Crippen LogP contribution in [-0.2, 0) is 7.05 Å². The first kappa shape index (κ1) is 18.8. The maximum Gasteiger partial charge on any atom is 0.461 e. The lowest BCUT2D eigenvalue weighted by Crippen LogP contribution is -2.35. The van der Waals surface area contributed by atoms with E-state index in [0.717, 1.165) is 17.3 Å². The van der Waals surface area contributed by atoms with Gasteiger partial charge in [-0.05, 0) is 26.0 Å². The van der Waals surface area contributed by atoms with E-state index in [1.807, 2.05) is 6.92 Å². The quantitative estimate of drug-likeness (QED) is 0.804. The molecule has 2 aromatic rings. The number of ether oxygens (including phenoxy) is 1. The third-order valence-corrected chi connectivity index (χ3v) is 3.72. The number of para-hydroxylation sites is 1. The molecule has 0 spiro atoms. The minimum Gasteiger partial charge on any atom is -0.427 e. The molecule has 0 bridgehead atoms. The fraction of sp³-hybridized carbons (Fsp3) is 0.375. The molecule has 1 aromatic carbocycles. The standard InChI is InChI=1S/C16H17F4N3O2/c1-9(12-8-21-23(3)10(12)2)22-14(24)11-6-4-5-7-13(11)25-16(19,20)15(17)18/h4-9,15H,1-3H3,(H,22,24). The van der Waals surface area contributed by atoms with Crippen LogP contribution in [0.3, 0.4) is 0 Å². The van der Waals surface area contributed by atoms with Gasteiger partial charge in [0.15, 0.2) is 0 Å². The van der Waals surface area contributed by atoms with Crippen LogP contribution in [0, 0.1) is 6.92 Å². The summed E-state index contributed by atoms with van der Waals surface area (Å²) in [6.07, 6.45) is -7.13. The van der Waals surface area contributed by atoms with Crippen LogP contribution in [0.4, 0.5) is 17.6 Å². The lowest BCUT2D eigenvalue weighted by Gasteiger charge is -2.20. The van der Waals surface area contributed by atoms with Crippen molar-refractivity contribution < 1.29 is 27.1 Å². The first-order valence-electron chi connectivity index (χ1n) is 7.37. The van der Waals surface area contributed by atoms with Crippen LogP contribution >= 0.6 is 0 Å². The zero-order valence-electron chi connectivity index (χ0n) is 13.8. The van der Waals surface area contributed by atoms with Crippen molar-refractivity contribution in [2.75, 3.05) is 0 Å². The summed E-state index contributed by atoms with van der Waals surface area (Å²) in [5.74, 6) is -1.35. The van der Waals surface area contributed by atoms with Gasteiger partial charge in [0.25, 0.3) is 5.91 Å². The van der Waals surface area contributed by atoms with E-state index in [0.29, 0.717) is 0 Å². The Bertz CT molecular complexity index is 762. The molecule has 9 heteroatoms. The molecule has 1 N–H and O–H groups in total. The van der Waals surface area contributed by atoms with Crippen molar-refractivity contribution in [1.82, 2.24) is 15.1 Å². The number of alkyl halides is 4. The Kier molecular flexibility index (Phi) is 5.34. The molecular weight excluding hydrogens is 342 g/mol. The number of hydrogen-bond donors (Lipinski definition) is 1. The van der Waals surface area contributed by atoms with Gasteiger partial charge in [0.1, 0.15) is 5.75 Å². The largest absolute Gasteiger partial charge is 0.461 e. The van der Waals surface area contributed by atoms with Gasteiger partial charge >= 0.3 is 12.5 Å². The molecule has 0 radical (unpaired) electrons. The highest BCUT2D eigenvalue weighted by Crippen LogP contribution is 2.30. The summed E-state index contributed by atoms with van der Waals surface area (Å²) in [6, 6.07) is 4.51. The normalized spacial score (nSPS) is 13.0. The third kappa shape index (κ3) is 4.09. The van der Waals surface area contributed by atoms with Crippen molar-refractivity contribution in [1.29, 1.82) is 0 Å². The summed E-state index contributed by atoms with van der Waals surface area (Å²) < 4.78 is 56.6. The van der Waals surface area contributed by atoms with Gasteiger partial charge in [-0.3, -0.25) is 9.48 Å². The van der Waals surface area contributed by atoms with Gasteiger partial charge in [-0.2, -0.15) is 22.7 Å².